The van der Waals surface area contributed by atoms with Crippen LogP contribution in [0.25, 0.3) is 6.08 Å². The van der Waals surface area contributed by atoms with Gasteiger partial charge in [-0.2, -0.15) is 0 Å². The molecule has 0 bridgehead atoms. The van der Waals surface area contributed by atoms with Crippen molar-refractivity contribution in [3.8, 4) is 0 Å². The average Bonchev–Trinajstić information content (AvgIpc) is 3.01. The van der Waals surface area contributed by atoms with Crippen molar-refractivity contribution < 1.29 is 4.79 Å². The summed E-state index contributed by atoms with van der Waals surface area (Å²) in [6, 6.07) is 11.1. The molecule has 1 aliphatic rings. The van der Waals surface area contributed by atoms with E-state index in [0.29, 0.717) is 15.1 Å². The van der Waals surface area contributed by atoms with Gasteiger partial charge < -0.3 is 5.32 Å². The average molecular weight is 321 g/mol. The second-order valence-electron chi connectivity index (χ2n) is 3.98. The third-order valence-corrected chi connectivity index (χ3v) is 4.47. The summed E-state index contributed by atoms with van der Waals surface area (Å²) >= 11 is 8.83. The molecule has 0 unspecified atom stereocenters. The Morgan fingerprint density at radius 2 is 2.15 bits per heavy atom. The van der Waals surface area contributed by atoms with Gasteiger partial charge in [-0.25, -0.2) is 4.99 Å². The number of thiophene rings is 1. The first-order chi connectivity index (χ1) is 9.70. The van der Waals surface area contributed by atoms with Crippen LogP contribution in [0.2, 0.25) is 5.02 Å². The lowest BCUT2D eigenvalue weighted by Gasteiger charge is -1.96. The van der Waals surface area contributed by atoms with E-state index in [0.717, 1.165) is 10.6 Å². The summed E-state index contributed by atoms with van der Waals surface area (Å²) < 4.78 is 0. The number of rotatable bonds is 2. The van der Waals surface area contributed by atoms with E-state index < -0.39 is 0 Å². The van der Waals surface area contributed by atoms with E-state index in [1.807, 2.05) is 35.7 Å². The largest absolute Gasteiger partial charge is 0.300 e. The Labute approximate surface area is 129 Å². The molecule has 1 saturated heterocycles. The highest BCUT2D eigenvalue weighted by molar-refractivity contribution is 8.18. The number of nitrogens with one attached hydrogen (secondary N) is 1. The van der Waals surface area contributed by atoms with Gasteiger partial charge in [0.15, 0.2) is 5.17 Å². The first-order valence-corrected chi connectivity index (χ1v) is 7.87. The van der Waals surface area contributed by atoms with Crippen LogP contribution >= 0.6 is 34.7 Å². The van der Waals surface area contributed by atoms with Crippen LogP contribution in [-0.2, 0) is 4.79 Å². The predicted octanol–water partition coefficient (Wildman–Crippen LogP) is 4.29. The molecule has 100 valence electrons. The molecular weight excluding hydrogens is 312 g/mol. The SMILES string of the molecule is O=C1NC(=Nc2cccc(Cl)c2)S/C1=C/c1cccs1. The number of hydrogen-bond acceptors (Lipinski definition) is 4. The smallest absolute Gasteiger partial charge is 0.264 e. The minimum Gasteiger partial charge on any atom is -0.300 e. The standard InChI is InChI=1S/C14H9ClN2OS2/c15-9-3-1-4-10(7-9)16-14-17-13(18)12(20-14)8-11-5-2-6-19-11/h1-8H,(H,16,17,18)/b12-8+. The van der Waals surface area contributed by atoms with E-state index >= 15 is 0 Å². The lowest BCUT2D eigenvalue weighted by atomic mass is 10.3. The number of hydrogen-bond donors (Lipinski definition) is 1. The van der Waals surface area contributed by atoms with Crippen LogP contribution in [-0.4, -0.2) is 11.1 Å². The minimum atomic E-state index is -0.121. The zero-order valence-corrected chi connectivity index (χ0v) is 12.6. The van der Waals surface area contributed by atoms with Crippen LogP contribution in [0.3, 0.4) is 0 Å². The number of thioether (sulfide) groups is 1. The van der Waals surface area contributed by atoms with Crippen LogP contribution in [0.1, 0.15) is 4.88 Å². The summed E-state index contributed by atoms with van der Waals surface area (Å²) in [6.45, 7) is 0. The molecule has 1 aliphatic heterocycles. The number of amides is 1. The first-order valence-electron chi connectivity index (χ1n) is 5.79. The molecule has 6 heteroatoms. The van der Waals surface area contributed by atoms with Crippen molar-refractivity contribution in [3.63, 3.8) is 0 Å². The molecule has 20 heavy (non-hydrogen) atoms. The monoisotopic (exact) mass is 320 g/mol. The molecule has 0 spiro atoms. The Bertz CT molecular complexity index is 708. The van der Waals surface area contributed by atoms with Gasteiger partial charge in [0.2, 0.25) is 0 Å². The van der Waals surface area contributed by atoms with Crippen molar-refractivity contribution in [1.82, 2.24) is 5.32 Å². The van der Waals surface area contributed by atoms with Gasteiger partial charge in [-0.1, -0.05) is 23.7 Å². The molecule has 1 aromatic heterocycles. The summed E-state index contributed by atoms with van der Waals surface area (Å²) in [4.78, 5) is 17.9. The molecule has 0 saturated carbocycles. The summed E-state index contributed by atoms with van der Waals surface area (Å²) in [5.74, 6) is -0.121. The summed E-state index contributed by atoms with van der Waals surface area (Å²) in [5, 5.41) is 5.92. The van der Waals surface area contributed by atoms with Crippen LogP contribution < -0.4 is 5.32 Å². The fourth-order valence-electron chi connectivity index (χ4n) is 1.65. The lowest BCUT2D eigenvalue weighted by molar-refractivity contribution is -0.115. The molecule has 1 aromatic carbocycles. The predicted molar refractivity (Wildman–Crippen MR) is 86.6 cm³/mol. The van der Waals surface area contributed by atoms with E-state index in [-0.39, 0.29) is 5.91 Å². The Morgan fingerprint density at radius 1 is 1.25 bits per heavy atom. The second kappa shape index (κ2) is 5.83. The number of halogens is 1. The number of nitrogens with zero attached hydrogens (tertiary/aromatic N) is 1. The van der Waals surface area contributed by atoms with E-state index in [1.54, 1.807) is 23.5 Å². The van der Waals surface area contributed by atoms with Gasteiger partial charge in [0.1, 0.15) is 0 Å². The first kappa shape index (κ1) is 13.4. The van der Waals surface area contributed by atoms with Crippen LogP contribution in [0.15, 0.2) is 51.7 Å². The zero-order valence-electron chi connectivity index (χ0n) is 10.2. The van der Waals surface area contributed by atoms with Gasteiger partial charge >= 0.3 is 0 Å². The van der Waals surface area contributed by atoms with Gasteiger partial charge in [-0.3, -0.25) is 4.79 Å². The third-order valence-electron chi connectivity index (χ3n) is 2.51. The Kier molecular flexibility index (Phi) is 3.91. The highest BCUT2D eigenvalue weighted by atomic mass is 35.5. The Morgan fingerprint density at radius 3 is 2.90 bits per heavy atom. The molecule has 0 aliphatic carbocycles. The number of amidine groups is 1. The highest BCUT2D eigenvalue weighted by Crippen LogP contribution is 2.29. The summed E-state index contributed by atoms with van der Waals surface area (Å²) in [7, 11) is 0. The molecule has 2 heterocycles. The molecular formula is C14H9ClN2OS2. The topological polar surface area (TPSA) is 41.5 Å². The van der Waals surface area contributed by atoms with Gasteiger partial charge in [0.25, 0.3) is 5.91 Å². The van der Waals surface area contributed by atoms with Crippen molar-refractivity contribution in [1.29, 1.82) is 0 Å². The molecule has 0 atom stereocenters. The fourth-order valence-corrected chi connectivity index (χ4v) is 3.40. The van der Waals surface area contributed by atoms with Crippen molar-refractivity contribution in [2.45, 2.75) is 0 Å². The maximum absolute atomic E-state index is 11.9. The second-order valence-corrected chi connectivity index (χ2v) is 6.42. The molecule has 3 nitrogen and oxygen atoms in total. The van der Waals surface area contributed by atoms with E-state index in [4.69, 9.17) is 11.6 Å². The van der Waals surface area contributed by atoms with Gasteiger partial charge in [0, 0.05) is 9.90 Å². The Balaban J connectivity index is 1.83. The highest BCUT2D eigenvalue weighted by Gasteiger charge is 2.23. The Hall–Kier alpha value is -1.56. The molecule has 2 aromatic rings. The van der Waals surface area contributed by atoms with Crippen LogP contribution in [0.5, 0.6) is 0 Å². The quantitative estimate of drug-likeness (QED) is 0.838. The minimum absolute atomic E-state index is 0.121. The third kappa shape index (κ3) is 3.12. The maximum atomic E-state index is 11.9. The van der Waals surface area contributed by atoms with Crippen molar-refractivity contribution in [2.75, 3.05) is 0 Å². The number of carbonyl (C=O) groups excluding carboxylic acids is 1. The van der Waals surface area contributed by atoms with Gasteiger partial charge in [-0.05, 0) is 47.5 Å². The molecule has 3 rings (SSSR count). The number of aliphatic imine (C=N–C) groups is 1. The van der Waals surface area contributed by atoms with E-state index in [1.165, 1.54) is 11.8 Å². The molecule has 0 radical (unpaired) electrons. The zero-order chi connectivity index (χ0) is 13.9. The van der Waals surface area contributed by atoms with Crippen LogP contribution in [0.4, 0.5) is 5.69 Å². The van der Waals surface area contributed by atoms with Crippen molar-refractivity contribution >= 4 is 57.5 Å². The molecule has 1 N–H and O–H groups in total. The molecule has 1 amide bonds. The lowest BCUT2D eigenvalue weighted by Crippen LogP contribution is -2.19. The van der Waals surface area contributed by atoms with Crippen LogP contribution in [0, 0.1) is 0 Å². The molecule has 1 fully saturated rings. The van der Waals surface area contributed by atoms with Gasteiger partial charge in [0.05, 0.1) is 10.6 Å². The fraction of sp³-hybridized carbons (Fsp3) is 0. The van der Waals surface area contributed by atoms with Gasteiger partial charge in [-0.15, -0.1) is 11.3 Å². The summed E-state index contributed by atoms with van der Waals surface area (Å²) in [6.07, 6.45) is 1.87. The number of benzene rings is 1. The number of carbonyl (C=O) groups is 1. The van der Waals surface area contributed by atoms with Crippen molar-refractivity contribution in [3.05, 3.63) is 56.6 Å². The van der Waals surface area contributed by atoms with E-state index in [9.17, 15) is 4.79 Å². The normalized spacial score (nSPS) is 18.8. The van der Waals surface area contributed by atoms with Crippen molar-refractivity contribution in [2.24, 2.45) is 4.99 Å². The maximum Gasteiger partial charge on any atom is 0.264 e. The van der Waals surface area contributed by atoms with E-state index in [2.05, 4.69) is 10.3 Å². The summed E-state index contributed by atoms with van der Waals surface area (Å²) in [5.41, 5.74) is 0.720.